The largest absolute Gasteiger partial charge is 0.298 e. The highest BCUT2D eigenvalue weighted by molar-refractivity contribution is 5.58. The molecule has 30 heavy (non-hydrogen) atoms. The van der Waals surface area contributed by atoms with E-state index < -0.39 is 0 Å². The minimum absolute atomic E-state index is 0.0879. The molecule has 2 heterocycles. The zero-order valence-electron chi connectivity index (χ0n) is 17.5. The van der Waals surface area contributed by atoms with Gasteiger partial charge in [0.1, 0.15) is 0 Å². The highest BCUT2D eigenvalue weighted by atomic mass is 16.1. The summed E-state index contributed by atoms with van der Waals surface area (Å²) in [4.78, 5) is 23.3. The summed E-state index contributed by atoms with van der Waals surface area (Å²) >= 11 is 0. The van der Waals surface area contributed by atoms with Crippen LogP contribution in [0.1, 0.15) is 42.5 Å². The summed E-state index contributed by atoms with van der Waals surface area (Å²) in [5, 5.41) is 0. The Bertz CT molecular complexity index is 1070. The Morgan fingerprint density at radius 1 is 0.933 bits per heavy atom. The molecule has 0 spiro atoms. The summed E-state index contributed by atoms with van der Waals surface area (Å²) in [6.07, 6.45) is 5.60. The average molecular weight is 401 g/mol. The second-order valence-electron chi connectivity index (χ2n) is 8.44. The quantitative estimate of drug-likeness (QED) is 0.649. The SMILES string of the molecule is Cc1nc2n(c(=O)c1Cc1ccccc1)CN(C1CCCC1)CN2c1ccccc1. The highest BCUT2D eigenvalue weighted by Crippen LogP contribution is 2.32. The first-order valence-electron chi connectivity index (χ1n) is 10.9. The van der Waals surface area contributed by atoms with Gasteiger partial charge in [0.15, 0.2) is 0 Å². The van der Waals surface area contributed by atoms with Crippen LogP contribution < -0.4 is 10.5 Å². The monoisotopic (exact) mass is 400 g/mol. The molecule has 5 heteroatoms. The van der Waals surface area contributed by atoms with E-state index in [0.717, 1.165) is 35.1 Å². The summed E-state index contributed by atoms with van der Waals surface area (Å²) in [7, 11) is 0. The van der Waals surface area contributed by atoms with Crippen LogP contribution in [-0.2, 0) is 13.1 Å². The molecule has 154 valence electrons. The minimum Gasteiger partial charge on any atom is -0.298 e. The fraction of sp³-hybridized carbons (Fsp3) is 0.360. The van der Waals surface area contributed by atoms with E-state index in [0.29, 0.717) is 19.1 Å². The Kier molecular flexibility index (Phi) is 5.13. The summed E-state index contributed by atoms with van der Waals surface area (Å²) in [6.45, 7) is 3.36. The van der Waals surface area contributed by atoms with Crippen molar-refractivity contribution in [1.29, 1.82) is 0 Å². The van der Waals surface area contributed by atoms with Gasteiger partial charge >= 0.3 is 0 Å². The second kappa shape index (κ2) is 8.07. The predicted molar refractivity (Wildman–Crippen MR) is 120 cm³/mol. The standard InChI is InChI=1S/C25H28N4O/c1-19-23(16-20-10-4-2-5-11-20)24(30)29-18-27(21-12-8-9-13-21)17-28(25(29)26-19)22-14-6-3-7-15-22/h2-7,10-11,14-15,21H,8-9,12-13,16-18H2,1H3. The van der Waals surface area contributed by atoms with Gasteiger partial charge in [0.25, 0.3) is 5.56 Å². The Labute approximate surface area is 177 Å². The zero-order valence-corrected chi connectivity index (χ0v) is 17.5. The van der Waals surface area contributed by atoms with Gasteiger partial charge in [-0.15, -0.1) is 0 Å². The van der Waals surface area contributed by atoms with Crippen LogP contribution in [0.4, 0.5) is 11.6 Å². The van der Waals surface area contributed by atoms with E-state index >= 15 is 0 Å². The number of hydrogen-bond acceptors (Lipinski definition) is 4. The molecule has 5 nitrogen and oxygen atoms in total. The maximum absolute atomic E-state index is 13.6. The molecule has 3 aromatic rings. The third-order valence-corrected chi connectivity index (χ3v) is 6.47. The number of benzene rings is 2. The third-order valence-electron chi connectivity index (χ3n) is 6.47. The van der Waals surface area contributed by atoms with Crippen LogP contribution in [0, 0.1) is 6.92 Å². The topological polar surface area (TPSA) is 41.4 Å². The maximum atomic E-state index is 13.6. The Morgan fingerprint density at radius 3 is 2.30 bits per heavy atom. The second-order valence-corrected chi connectivity index (χ2v) is 8.44. The number of rotatable bonds is 4. The van der Waals surface area contributed by atoms with Gasteiger partial charge in [0.05, 0.1) is 19.0 Å². The van der Waals surface area contributed by atoms with Crippen LogP contribution in [0.25, 0.3) is 0 Å². The average Bonchev–Trinajstić information content (AvgIpc) is 3.32. The smallest absolute Gasteiger partial charge is 0.259 e. The molecule has 0 amide bonds. The van der Waals surface area contributed by atoms with E-state index in [9.17, 15) is 4.79 Å². The Hall–Kier alpha value is -2.92. The highest BCUT2D eigenvalue weighted by Gasteiger charge is 2.32. The lowest BCUT2D eigenvalue weighted by Gasteiger charge is -2.41. The van der Waals surface area contributed by atoms with Crippen LogP contribution in [0.15, 0.2) is 65.5 Å². The lowest BCUT2D eigenvalue weighted by Crippen LogP contribution is -2.51. The number of anilines is 2. The number of nitrogens with zero attached hydrogens (tertiary/aromatic N) is 4. The third kappa shape index (κ3) is 3.54. The molecule has 1 aromatic heterocycles. The van der Waals surface area contributed by atoms with E-state index in [2.05, 4.69) is 34.1 Å². The van der Waals surface area contributed by atoms with Crippen molar-refractivity contribution >= 4 is 11.6 Å². The molecule has 0 radical (unpaired) electrons. The first-order chi connectivity index (χ1) is 14.7. The molecule has 0 saturated heterocycles. The van der Waals surface area contributed by atoms with Crippen LogP contribution in [-0.4, -0.2) is 27.2 Å². The molecule has 2 aliphatic rings. The fourth-order valence-corrected chi connectivity index (χ4v) is 4.80. The van der Waals surface area contributed by atoms with E-state index in [1.807, 2.05) is 47.9 Å². The van der Waals surface area contributed by atoms with Crippen molar-refractivity contribution in [3.63, 3.8) is 0 Å². The first-order valence-corrected chi connectivity index (χ1v) is 10.9. The lowest BCUT2D eigenvalue weighted by atomic mass is 10.1. The van der Waals surface area contributed by atoms with E-state index in [1.165, 1.54) is 25.7 Å². The molecule has 0 atom stereocenters. The fourth-order valence-electron chi connectivity index (χ4n) is 4.80. The molecule has 1 aliphatic carbocycles. The van der Waals surface area contributed by atoms with E-state index in [4.69, 9.17) is 4.98 Å². The van der Waals surface area contributed by atoms with Gasteiger partial charge < -0.3 is 0 Å². The molecule has 0 bridgehead atoms. The van der Waals surface area contributed by atoms with Gasteiger partial charge in [0, 0.05) is 23.7 Å². The maximum Gasteiger partial charge on any atom is 0.259 e. The van der Waals surface area contributed by atoms with Gasteiger partial charge in [-0.3, -0.25) is 19.2 Å². The number of hydrogen-bond donors (Lipinski definition) is 0. The van der Waals surface area contributed by atoms with Crippen molar-refractivity contribution in [2.75, 3.05) is 11.6 Å². The van der Waals surface area contributed by atoms with Crippen molar-refractivity contribution in [1.82, 2.24) is 14.5 Å². The van der Waals surface area contributed by atoms with Gasteiger partial charge in [0.2, 0.25) is 5.95 Å². The van der Waals surface area contributed by atoms with Gasteiger partial charge in [-0.2, -0.15) is 0 Å². The Balaban J connectivity index is 1.59. The van der Waals surface area contributed by atoms with Crippen molar-refractivity contribution in [2.24, 2.45) is 0 Å². The summed E-state index contributed by atoms with van der Waals surface area (Å²) in [5.74, 6) is 0.759. The van der Waals surface area contributed by atoms with Crippen LogP contribution in [0.5, 0.6) is 0 Å². The minimum atomic E-state index is 0.0879. The van der Waals surface area contributed by atoms with Crippen molar-refractivity contribution in [3.05, 3.63) is 87.8 Å². The molecule has 2 aromatic carbocycles. The van der Waals surface area contributed by atoms with Gasteiger partial charge in [-0.1, -0.05) is 61.4 Å². The molecule has 5 rings (SSSR count). The molecule has 1 fully saturated rings. The van der Waals surface area contributed by atoms with E-state index in [-0.39, 0.29) is 5.56 Å². The predicted octanol–water partition coefficient (Wildman–Crippen LogP) is 4.45. The van der Waals surface area contributed by atoms with Crippen molar-refractivity contribution < 1.29 is 0 Å². The number of para-hydroxylation sites is 1. The number of fused-ring (bicyclic) bond motifs is 1. The first kappa shape index (κ1) is 19.1. The van der Waals surface area contributed by atoms with Crippen LogP contribution in [0.2, 0.25) is 0 Å². The summed E-state index contributed by atoms with van der Waals surface area (Å²) in [5.41, 5.74) is 3.93. The van der Waals surface area contributed by atoms with E-state index in [1.54, 1.807) is 0 Å². The molecule has 0 unspecified atom stereocenters. The molecular weight excluding hydrogens is 372 g/mol. The number of aromatic nitrogens is 2. The van der Waals surface area contributed by atoms with Gasteiger partial charge in [-0.25, -0.2) is 4.98 Å². The molecular formula is C25H28N4O. The van der Waals surface area contributed by atoms with Crippen LogP contribution >= 0.6 is 0 Å². The molecule has 1 saturated carbocycles. The van der Waals surface area contributed by atoms with Gasteiger partial charge in [-0.05, 0) is 37.5 Å². The van der Waals surface area contributed by atoms with Crippen molar-refractivity contribution in [2.45, 2.75) is 51.7 Å². The summed E-state index contributed by atoms with van der Waals surface area (Å²) < 4.78 is 1.89. The van der Waals surface area contributed by atoms with Crippen LogP contribution in [0.3, 0.4) is 0 Å². The zero-order chi connectivity index (χ0) is 20.5. The molecule has 1 aliphatic heterocycles. The normalized spacial score (nSPS) is 17.3. The lowest BCUT2D eigenvalue weighted by molar-refractivity contribution is 0.138. The molecule has 0 N–H and O–H groups in total. The van der Waals surface area contributed by atoms with Crippen molar-refractivity contribution in [3.8, 4) is 0 Å². The summed E-state index contributed by atoms with van der Waals surface area (Å²) in [6, 6.07) is 21.0. The number of aryl methyl sites for hydroxylation is 1. The Morgan fingerprint density at radius 2 is 1.60 bits per heavy atom.